The van der Waals surface area contributed by atoms with Gasteiger partial charge in [0.05, 0.1) is 11.4 Å². The van der Waals surface area contributed by atoms with Gasteiger partial charge < -0.3 is 10.2 Å². The third kappa shape index (κ3) is 2.75. The maximum atomic E-state index is 14.1. The molecule has 1 fully saturated rings. The summed E-state index contributed by atoms with van der Waals surface area (Å²) in [6.45, 7) is 8.29. The van der Waals surface area contributed by atoms with Gasteiger partial charge in [-0.2, -0.15) is 0 Å². The molecule has 2 unspecified atom stereocenters. The molecule has 0 spiro atoms. The Bertz CT molecular complexity index is 463. The molecule has 0 amide bonds. The molecule has 1 heterocycles. The lowest BCUT2D eigenvalue weighted by atomic mass is 10.1. The van der Waals surface area contributed by atoms with E-state index in [0.717, 1.165) is 36.4 Å². The minimum absolute atomic E-state index is 0.0965. The Labute approximate surface area is 121 Å². The number of rotatable bonds is 3. The van der Waals surface area contributed by atoms with E-state index in [1.807, 2.05) is 20.0 Å². The third-order valence-electron chi connectivity index (χ3n) is 4.52. The lowest BCUT2D eigenvalue weighted by Crippen LogP contribution is -2.55. The number of nitrogens with one attached hydrogen (secondary N) is 1. The van der Waals surface area contributed by atoms with Gasteiger partial charge >= 0.3 is 0 Å². The highest BCUT2D eigenvalue weighted by molar-refractivity contribution is 5.71. The second-order valence-electron chi connectivity index (χ2n) is 5.83. The average Bonchev–Trinajstić information content (AvgIpc) is 2.43. The van der Waals surface area contributed by atoms with E-state index in [1.54, 1.807) is 6.07 Å². The SMILES string of the molecule is CCc1cc(NC)c(N2CC(C)N(C)C(C)C2)cc1F. The number of nitrogens with zero attached hydrogens (tertiary/aromatic N) is 2. The van der Waals surface area contributed by atoms with Crippen molar-refractivity contribution in [2.24, 2.45) is 0 Å². The topological polar surface area (TPSA) is 18.5 Å². The molecule has 1 aliphatic rings. The summed E-state index contributed by atoms with van der Waals surface area (Å²) in [4.78, 5) is 4.68. The molecule has 4 heteroatoms. The van der Waals surface area contributed by atoms with E-state index < -0.39 is 0 Å². The Balaban J connectivity index is 2.34. The summed E-state index contributed by atoms with van der Waals surface area (Å²) >= 11 is 0. The van der Waals surface area contributed by atoms with Crippen LogP contribution in [-0.2, 0) is 6.42 Å². The average molecular weight is 279 g/mol. The van der Waals surface area contributed by atoms with E-state index in [9.17, 15) is 4.39 Å². The summed E-state index contributed by atoms with van der Waals surface area (Å²) < 4.78 is 14.1. The predicted molar refractivity (Wildman–Crippen MR) is 84.2 cm³/mol. The summed E-state index contributed by atoms with van der Waals surface area (Å²) in [5.41, 5.74) is 2.77. The molecule has 20 heavy (non-hydrogen) atoms. The van der Waals surface area contributed by atoms with Crippen LogP contribution in [0, 0.1) is 5.82 Å². The Morgan fingerprint density at radius 3 is 2.35 bits per heavy atom. The quantitative estimate of drug-likeness (QED) is 0.917. The first kappa shape index (κ1) is 15.1. The summed E-state index contributed by atoms with van der Waals surface area (Å²) in [5.74, 6) is -0.0965. The predicted octanol–water partition coefficient (Wildman–Crippen LogP) is 2.96. The molecule has 2 atom stereocenters. The number of benzene rings is 1. The molecule has 1 aromatic carbocycles. The van der Waals surface area contributed by atoms with E-state index in [4.69, 9.17) is 0 Å². The Hall–Kier alpha value is -1.29. The van der Waals surface area contributed by atoms with Crippen molar-refractivity contribution in [3.63, 3.8) is 0 Å². The molecule has 1 aliphatic heterocycles. The van der Waals surface area contributed by atoms with Gasteiger partial charge in [0, 0.05) is 32.2 Å². The zero-order valence-electron chi connectivity index (χ0n) is 13.2. The molecule has 1 saturated heterocycles. The molecular formula is C16H26FN3. The van der Waals surface area contributed by atoms with Gasteiger partial charge in [-0.1, -0.05) is 6.92 Å². The third-order valence-corrected chi connectivity index (χ3v) is 4.52. The second-order valence-corrected chi connectivity index (χ2v) is 5.83. The first-order valence-corrected chi connectivity index (χ1v) is 7.45. The van der Waals surface area contributed by atoms with E-state index in [0.29, 0.717) is 12.1 Å². The van der Waals surface area contributed by atoms with Crippen LogP contribution in [0.25, 0.3) is 0 Å². The number of hydrogen-bond donors (Lipinski definition) is 1. The molecule has 0 aromatic heterocycles. The van der Waals surface area contributed by atoms with Crippen LogP contribution in [-0.4, -0.2) is 44.2 Å². The molecule has 0 radical (unpaired) electrons. The van der Waals surface area contributed by atoms with Crippen LogP contribution in [0.5, 0.6) is 0 Å². The van der Waals surface area contributed by atoms with Gasteiger partial charge in [0.2, 0.25) is 0 Å². The Kier molecular flexibility index (Phi) is 4.53. The van der Waals surface area contributed by atoms with Gasteiger partial charge in [-0.25, -0.2) is 4.39 Å². The fraction of sp³-hybridized carbons (Fsp3) is 0.625. The fourth-order valence-corrected chi connectivity index (χ4v) is 2.94. The second kappa shape index (κ2) is 6.00. The van der Waals surface area contributed by atoms with Crippen molar-refractivity contribution < 1.29 is 4.39 Å². The molecule has 2 rings (SSSR count). The van der Waals surface area contributed by atoms with Crippen molar-refractivity contribution in [3.8, 4) is 0 Å². The van der Waals surface area contributed by atoms with Crippen LogP contribution in [0.1, 0.15) is 26.3 Å². The molecule has 0 saturated carbocycles. The van der Waals surface area contributed by atoms with Crippen LogP contribution in [0.4, 0.5) is 15.8 Å². The zero-order valence-corrected chi connectivity index (χ0v) is 13.2. The lowest BCUT2D eigenvalue weighted by Gasteiger charge is -2.44. The number of hydrogen-bond acceptors (Lipinski definition) is 3. The minimum atomic E-state index is -0.0965. The van der Waals surface area contributed by atoms with Crippen LogP contribution in [0.2, 0.25) is 0 Å². The number of halogens is 1. The minimum Gasteiger partial charge on any atom is -0.386 e. The summed E-state index contributed by atoms with van der Waals surface area (Å²) in [5, 5.41) is 3.21. The Morgan fingerprint density at radius 1 is 1.25 bits per heavy atom. The highest BCUT2D eigenvalue weighted by Gasteiger charge is 2.28. The van der Waals surface area contributed by atoms with Gasteiger partial charge in [-0.15, -0.1) is 0 Å². The van der Waals surface area contributed by atoms with Gasteiger partial charge in [0.1, 0.15) is 5.82 Å². The van der Waals surface area contributed by atoms with Gasteiger partial charge in [0.15, 0.2) is 0 Å². The smallest absolute Gasteiger partial charge is 0.128 e. The fourth-order valence-electron chi connectivity index (χ4n) is 2.94. The lowest BCUT2D eigenvalue weighted by molar-refractivity contribution is 0.170. The van der Waals surface area contributed by atoms with Crippen molar-refractivity contribution in [2.45, 2.75) is 39.3 Å². The molecule has 3 nitrogen and oxygen atoms in total. The van der Waals surface area contributed by atoms with E-state index in [-0.39, 0.29) is 5.82 Å². The van der Waals surface area contributed by atoms with Crippen molar-refractivity contribution in [1.82, 2.24) is 4.90 Å². The number of piperazine rings is 1. The van der Waals surface area contributed by atoms with Crippen molar-refractivity contribution in [3.05, 3.63) is 23.5 Å². The molecule has 1 N–H and O–H groups in total. The van der Waals surface area contributed by atoms with Gasteiger partial charge in [0.25, 0.3) is 0 Å². The van der Waals surface area contributed by atoms with Gasteiger partial charge in [-0.3, -0.25) is 4.90 Å². The molecule has 1 aromatic rings. The summed E-state index contributed by atoms with van der Waals surface area (Å²) in [7, 11) is 4.06. The van der Waals surface area contributed by atoms with E-state index >= 15 is 0 Å². The van der Waals surface area contributed by atoms with Crippen molar-refractivity contribution >= 4 is 11.4 Å². The number of likely N-dealkylation sites (N-methyl/N-ethyl adjacent to an activating group) is 1. The molecule has 0 bridgehead atoms. The van der Waals surface area contributed by atoms with Crippen LogP contribution in [0.15, 0.2) is 12.1 Å². The highest BCUT2D eigenvalue weighted by atomic mass is 19.1. The normalized spacial score (nSPS) is 24.0. The first-order valence-electron chi connectivity index (χ1n) is 7.45. The van der Waals surface area contributed by atoms with E-state index in [1.165, 1.54) is 0 Å². The largest absolute Gasteiger partial charge is 0.386 e. The van der Waals surface area contributed by atoms with Gasteiger partial charge in [-0.05, 0) is 45.0 Å². The van der Waals surface area contributed by atoms with Crippen molar-refractivity contribution in [1.29, 1.82) is 0 Å². The molecule has 112 valence electrons. The number of aryl methyl sites for hydroxylation is 1. The summed E-state index contributed by atoms with van der Waals surface area (Å²) in [6, 6.07) is 4.57. The number of anilines is 2. The van der Waals surface area contributed by atoms with E-state index in [2.05, 4.69) is 36.0 Å². The van der Waals surface area contributed by atoms with Crippen molar-refractivity contribution in [2.75, 3.05) is 37.4 Å². The van der Waals surface area contributed by atoms with Crippen LogP contribution < -0.4 is 10.2 Å². The monoisotopic (exact) mass is 279 g/mol. The van der Waals surface area contributed by atoms with Crippen LogP contribution >= 0.6 is 0 Å². The summed E-state index contributed by atoms with van der Waals surface area (Å²) in [6.07, 6.45) is 0.719. The first-order chi connectivity index (χ1) is 9.47. The molecular weight excluding hydrogens is 253 g/mol. The maximum absolute atomic E-state index is 14.1. The zero-order chi connectivity index (χ0) is 14.9. The highest BCUT2D eigenvalue weighted by Crippen LogP contribution is 2.31. The molecule has 0 aliphatic carbocycles. The Morgan fingerprint density at radius 2 is 1.85 bits per heavy atom. The maximum Gasteiger partial charge on any atom is 0.128 e. The standard InChI is InChI=1S/C16H26FN3/c1-6-13-7-15(18-4)16(8-14(13)17)20-9-11(2)19(5)12(3)10-20/h7-8,11-12,18H,6,9-10H2,1-5H3. The van der Waals surface area contributed by atoms with Crippen LogP contribution in [0.3, 0.4) is 0 Å².